The third-order valence-corrected chi connectivity index (χ3v) is 2.35. The quantitative estimate of drug-likeness (QED) is 0.600. The molecule has 0 bridgehead atoms. The molecular weight excluding hydrogens is 170 g/mol. The van der Waals surface area contributed by atoms with E-state index in [-0.39, 0.29) is 5.41 Å². The fourth-order valence-electron chi connectivity index (χ4n) is 0.917. The first-order valence-corrected chi connectivity index (χ1v) is 4.60. The Morgan fingerprint density at radius 3 is 2.17 bits per heavy atom. The average Bonchev–Trinajstić information content (AvgIpc) is 1.97. The van der Waals surface area contributed by atoms with Crippen molar-refractivity contribution in [2.75, 3.05) is 0 Å². The molecule has 0 aromatic rings. The zero-order valence-corrected chi connectivity index (χ0v) is 9.00. The van der Waals surface area contributed by atoms with Gasteiger partial charge in [0.1, 0.15) is 0 Å². The molecule has 0 aliphatic rings. The smallest absolute Gasteiger partial charge is 0.0959 e. The molecular formula is C10H16ClN. The molecule has 0 heterocycles. The first-order chi connectivity index (χ1) is 5.43. The van der Waals surface area contributed by atoms with Gasteiger partial charge in [0, 0.05) is 10.6 Å². The van der Waals surface area contributed by atoms with Crippen LogP contribution in [0.15, 0.2) is 10.6 Å². The molecule has 0 fully saturated rings. The predicted octanol–water partition coefficient (Wildman–Crippen LogP) is 3.85. The van der Waals surface area contributed by atoms with Crippen molar-refractivity contribution in [2.45, 2.75) is 40.5 Å². The Bertz CT molecular complexity index is 215. The topological polar surface area (TPSA) is 23.8 Å². The Morgan fingerprint density at radius 1 is 1.42 bits per heavy atom. The van der Waals surface area contributed by atoms with Gasteiger partial charge in [-0.05, 0) is 11.8 Å². The molecule has 0 aliphatic heterocycles. The summed E-state index contributed by atoms with van der Waals surface area (Å²) in [6.45, 7) is 8.09. The minimum absolute atomic E-state index is 0.0954. The van der Waals surface area contributed by atoms with E-state index in [0.717, 1.165) is 18.4 Å². The fraction of sp³-hybridized carbons (Fsp3) is 0.700. The second kappa shape index (κ2) is 4.52. The van der Waals surface area contributed by atoms with Crippen LogP contribution in [-0.2, 0) is 0 Å². The van der Waals surface area contributed by atoms with Crippen LogP contribution < -0.4 is 0 Å². The number of rotatable bonds is 2. The van der Waals surface area contributed by atoms with E-state index >= 15 is 0 Å². The van der Waals surface area contributed by atoms with Crippen LogP contribution in [0.4, 0.5) is 0 Å². The van der Waals surface area contributed by atoms with Gasteiger partial charge < -0.3 is 0 Å². The summed E-state index contributed by atoms with van der Waals surface area (Å²) >= 11 is 6.06. The van der Waals surface area contributed by atoms with E-state index in [0.29, 0.717) is 5.03 Å². The van der Waals surface area contributed by atoms with Crippen LogP contribution in [0.1, 0.15) is 40.5 Å². The van der Waals surface area contributed by atoms with Gasteiger partial charge >= 0.3 is 0 Å². The highest BCUT2D eigenvalue weighted by atomic mass is 35.5. The van der Waals surface area contributed by atoms with Crippen LogP contribution in [0.25, 0.3) is 0 Å². The first-order valence-electron chi connectivity index (χ1n) is 4.22. The lowest BCUT2D eigenvalue weighted by Gasteiger charge is -2.18. The third-order valence-electron chi connectivity index (χ3n) is 1.56. The Labute approximate surface area is 80.0 Å². The minimum Gasteiger partial charge on any atom is -0.193 e. The summed E-state index contributed by atoms with van der Waals surface area (Å²) < 4.78 is 0. The van der Waals surface area contributed by atoms with Crippen LogP contribution in [0.3, 0.4) is 0 Å². The Kier molecular flexibility index (Phi) is 4.34. The fourth-order valence-corrected chi connectivity index (χ4v) is 1.05. The summed E-state index contributed by atoms with van der Waals surface area (Å²) in [5, 5.41) is 9.50. The van der Waals surface area contributed by atoms with Crippen LogP contribution >= 0.6 is 11.6 Å². The number of halogens is 1. The van der Waals surface area contributed by atoms with Gasteiger partial charge in [-0.25, -0.2) is 0 Å². The Balaban J connectivity index is 4.76. The summed E-state index contributed by atoms with van der Waals surface area (Å²) in [7, 11) is 0. The van der Waals surface area contributed by atoms with Gasteiger partial charge in [0.25, 0.3) is 0 Å². The number of nitriles is 1. The second-order valence-corrected chi connectivity index (χ2v) is 4.28. The molecule has 0 N–H and O–H groups in total. The standard InChI is InChI=1S/C10H16ClN/c1-5-6-8(7-12)9(11)10(2,3)4/h5-6H2,1-4H3/b9-8+. The number of hydrogen-bond acceptors (Lipinski definition) is 1. The highest BCUT2D eigenvalue weighted by molar-refractivity contribution is 6.30. The molecule has 2 heteroatoms. The second-order valence-electron chi connectivity index (χ2n) is 3.90. The van der Waals surface area contributed by atoms with Crippen LogP contribution in [0.2, 0.25) is 0 Å². The van der Waals surface area contributed by atoms with E-state index in [4.69, 9.17) is 16.9 Å². The van der Waals surface area contributed by atoms with Gasteiger partial charge in [0.05, 0.1) is 6.07 Å². The van der Waals surface area contributed by atoms with Gasteiger partial charge in [-0.3, -0.25) is 0 Å². The SMILES string of the molecule is CCC/C(C#N)=C(\Cl)C(C)(C)C. The van der Waals surface area contributed by atoms with E-state index in [1.54, 1.807) is 0 Å². The molecule has 0 radical (unpaired) electrons. The molecule has 0 aromatic carbocycles. The molecule has 0 saturated carbocycles. The first kappa shape index (κ1) is 11.5. The summed E-state index contributed by atoms with van der Waals surface area (Å²) in [5.41, 5.74) is 0.633. The van der Waals surface area contributed by atoms with E-state index < -0.39 is 0 Å². The van der Waals surface area contributed by atoms with Crippen molar-refractivity contribution in [3.63, 3.8) is 0 Å². The largest absolute Gasteiger partial charge is 0.193 e. The van der Waals surface area contributed by atoms with E-state index in [1.807, 2.05) is 27.7 Å². The zero-order chi connectivity index (χ0) is 9.78. The molecule has 1 nitrogen and oxygen atoms in total. The number of hydrogen-bond donors (Lipinski definition) is 0. The van der Waals surface area contributed by atoms with Crippen LogP contribution in [0.5, 0.6) is 0 Å². The molecule has 0 saturated heterocycles. The van der Waals surface area contributed by atoms with Crippen molar-refractivity contribution in [1.82, 2.24) is 0 Å². The van der Waals surface area contributed by atoms with Crippen LogP contribution in [-0.4, -0.2) is 0 Å². The van der Waals surface area contributed by atoms with Gasteiger partial charge in [-0.2, -0.15) is 5.26 Å². The minimum atomic E-state index is -0.0954. The van der Waals surface area contributed by atoms with Crippen LogP contribution in [0, 0.1) is 16.7 Å². The summed E-state index contributed by atoms with van der Waals surface area (Å²) in [4.78, 5) is 0. The van der Waals surface area contributed by atoms with E-state index in [2.05, 4.69) is 6.07 Å². The van der Waals surface area contributed by atoms with Crippen molar-refractivity contribution in [3.8, 4) is 6.07 Å². The Hall–Kier alpha value is -0.480. The zero-order valence-electron chi connectivity index (χ0n) is 8.24. The maximum atomic E-state index is 8.80. The Morgan fingerprint density at radius 2 is 1.92 bits per heavy atom. The third kappa shape index (κ3) is 3.28. The molecule has 0 atom stereocenters. The average molecular weight is 186 g/mol. The van der Waals surface area contributed by atoms with E-state index in [9.17, 15) is 0 Å². The van der Waals surface area contributed by atoms with Crippen molar-refractivity contribution in [1.29, 1.82) is 5.26 Å². The number of nitrogens with zero attached hydrogens (tertiary/aromatic N) is 1. The molecule has 0 aliphatic carbocycles. The van der Waals surface area contributed by atoms with Gasteiger partial charge in [0.15, 0.2) is 0 Å². The van der Waals surface area contributed by atoms with Crippen molar-refractivity contribution in [3.05, 3.63) is 10.6 Å². The van der Waals surface area contributed by atoms with E-state index in [1.165, 1.54) is 0 Å². The summed E-state index contributed by atoms with van der Waals surface area (Å²) in [6.07, 6.45) is 1.75. The number of allylic oxidation sites excluding steroid dienone is 2. The lowest BCUT2D eigenvalue weighted by atomic mass is 9.92. The van der Waals surface area contributed by atoms with Crippen molar-refractivity contribution in [2.24, 2.45) is 5.41 Å². The van der Waals surface area contributed by atoms with Crippen molar-refractivity contribution >= 4 is 11.6 Å². The summed E-state index contributed by atoms with van der Waals surface area (Å²) in [5.74, 6) is 0. The highest BCUT2D eigenvalue weighted by Gasteiger charge is 2.18. The highest BCUT2D eigenvalue weighted by Crippen LogP contribution is 2.32. The van der Waals surface area contributed by atoms with Gasteiger partial charge in [-0.15, -0.1) is 0 Å². The monoisotopic (exact) mass is 185 g/mol. The molecule has 0 unspecified atom stereocenters. The van der Waals surface area contributed by atoms with Gasteiger partial charge in [0.2, 0.25) is 0 Å². The molecule has 0 amide bonds. The van der Waals surface area contributed by atoms with Crippen molar-refractivity contribution < 1.29 is 0 Å². The molecule has 0 rings (SSSR count). The molecule has 0 aromatic heterocycles. The maximum absolute atomic E-state index is 8.80. The molecule has 0 spiro atoms. The lowest BCUT2D eigenvalue weighted by molar-refractivity contribution is 0.525. The molecule has 12 heavy (non-hydrogen) atoms. The summed E-state index contributed by atoms with van der Waals surface area (Å²) in [6, 6.07) is 2.16. The maximum Gasteiger partial charge on any atom is 0.0959 e. The molecule has 68 valence electrons. The van der Waals surface area contributed by atoms with Gasteiger partial charge in [-0.1, -0.05) is 45.7 Å². The predicted molar refractivity (Wildman–Crippen MR) is 52.9 cm³/mol. The lowest BCUT2D eigenvalue weighted by Crippen LogP contribution is -2.07. The normalized spacial score (nSPS) is 13.7.